The van der Waals surface area contributed by atoms with Crippen molar-refractivity contribution in [2.75, 3.05) is 9.80 Å². The molecule has 11 rings (SSSR count). The first-order valence-corrected chi connectivity index (χ1v) is 22.9. The Hall–Kier alpha value is -5.73. The summed E-state index contributed by atoms with van der Waals surface area (Å²) in [6.45, 7) is 29.0. The first-order chi connectivity index (χ1) is 29.4. The number of benzene rings is 7. The molecule has 4 aliphatic heterocycles. The van der Waals surface area contributed by atoms with E-state index >= 15 is 0 Å². The van der Waals surface area contributed by atoms with Gasteiger partial charge >= 0.3 is 0 Å². The van der Waals surface area contributed by atoms with Crippen molar-refractivity contribution >= 4 is 80.3 Å². The van der Waals surface area contributed by atoms with Crippen molar-refractivity contribution in [3.8, 4) is 22.3 Å². The van der Waals surface area contributed by atoms with Gasteiger partial charge in [-0.15, -0.1) is 0 Å². The van der Waals surface area contributed by atoms with Gasteiger partial charge in [-0.2, -0.15) is 0 Å². The summed E-state index contributed by atoms with van der Waals surface area (Å²) in [5.74, 6) is 0. The molecule has 4 heterocycles. The normalized spacial score (nSPS) is 14.6. The van der Waals surface area contributed by atoms with Crippen LogP contribution in [0.2, 0.25) is 0 Å². The zero-order chi connectivity index (χ0) is 43.4. The molecule has 4 heteroatoms. The van der Waals surface area contributed by atoms with E-state index in [2.05, 4.69) is 226 Å². The highest BCUT2D eigenvalue weighted by molar-refractivity contribution is 7.04. The third kappa shape index (κ3) is 5.44. The number of rotatable bonds is 2. The maximum absolute atomic E-state index is 2.68. The van der Waals surface area contributed by atoms with Gasteiger partial charge in [0.2, 0.25) is 13.4 Å². The van der Waals surface area contributed by atoms with Gasteiger partial charge in [0, 0.05) is 34.1 Å². The van der Waals surface area contributed by atoms with Gasteiger partial charge in [0.1, 0.15) is 0 Å². The molecule has 4 aliphatic rings. The van der Waals surface area contributed by atoms with Gasteiger partial charge < -0.3 is 9.80 Å². The molecule has 0 amide bonds. The average Bonchev–Trinajstić information content (AvgIpc) is 3.73. The number of anilines is 6. The third-order valence-corrected chi connectivity index (χ3v) is 14.3. The van der Waals surface area contributed by atoms with Crippen LogP contribution in [0.25, 0.3) is 22.3 Å². The lowest BCUT2D eigenvalue weighted by molar-refractivity contribution is 0.584. The van der Waals surface area contributed by atoms with Crippen LogP contribution in [-0.4, -0.2) is 13.4 Å². The molecule has 0 aromatic heterocycles. The molecule has 0 bridgehead atoms. The first kappa shape index (κ1) is 39.1. The second-order valence-corrected chi connectivity index (χ2v) is 22.6. The summed E-state index contributed by atoms with van der Waals surface area (Å²) < 4.78 is 0. The van der Waals surface area contributed by atoms with Gasteiger partial charge in [0.05, 0.1) is 0 Å². The van der Waals surface area contributed by atoms with Crippen LogP contribution in [0.15, 0.2) is 133 Å². The lowest BCUT2D eigenvalue weighted by atomic mass is 9.31. The van der Waals surface area contributed by atoms with Gasteiger partial charge in [0.15, 0.2) is 0 Å². The molecule has 0 radical (unpaired) electrons. The second kappa shape index (κ2) is 12.9. The fraction of sp³-hybridized carbons (Fsp3) is 0.276. The summed E-state index contributed by atoms with van der Waals surface area (Å²) in [4.78, 5) is 5.37. The summed E-state index contributed by atoms with van der Waals surface area (Å²) in [7, 11) is 0. The number of nitrogens with zero attached hydrogens (tertiary/aromatic N) is 2. The Morgan fingerprint density at radius 1 is 0.339 bits per heavy atom. The maximum Gasteiger partial charge on any atom is 0.248 e. The van der Waals surface area contributed by atoms with Crippen LogP contribution in [0.4, 0.5) is 34.1 Å². The summed E-state index contributed by atoms with van der Waals surface area (Å²) in [5.41, 5.74) is 27.0. The fourth-order valence-corrected chi connectivity index (χ4v) is 11.7. The Morgan fingerprint density at radius 2 is 0.710 bits per heavy atom. The van der Waals surface area contributed by atoms with Gasteiger partial charge in [-0.3, -0.25) is 0 Å². The second-order valence-electron chi connectivity index (χ2n) is 22.6. The quantitative estimate of drug-likeness (QED) is 0.161. The summed E-state index contributed by atoms with van der Waals surface area (Å²) in [6, 6.07) is 51.6. The summed E-state index contributed by atoms with van der Waals surface area (Å²) in [5, 5.41) is 0. The molecule has 0 fully saturated rings. The molecule has 306 valence electrons. The van der Waals surface area contributed by atoms with E-state index in [0.717, 1.165) is 0 Å². The molecule has 0 spiro atoms. The van der Waals surface area contributed by atoms with Gasteiger partial charge in [-0.25, -0.2) is 0 Å². The van der Waals surface area contributed by atoms with Crippen LogP contribution in [0.3, 0.4) is 0 Å². The van der Waals surface area contributed by atoms with Crippen molar-refractivity contribution < 1.29 is 0 Å². The van der Waals surface area contributed by atoms with E-state index in [0.29, 0.717) is 0 Å². The average molecular weight is 805 g/mol. The molecule has 7 aromatic carbocycles. The predicted molar refractivity (Wildman–Crippen MR) is 271 cm³/mol. The van der Waals surface area contributed by atoms with E-state index in [-0.39, 0.29) is 35.1 Å². The number of para-hydroxylation sites is 2. The lowest BCUT2D eigenvalue weighted by Gasteiger charge is -2.49. The van der Waals surface area contributed by atoms with E-state index in [1.54, 1.807) is 0 Å². The van der Waals surface area contributed by atoms with Crippen molar-refractivity contribution in [3.63, 3.8) is 0 Å². The standard InChI is InChI=1S/C58H58B2N2/c1-55(2,3)35-29-31-43-41(33-35)39-25-19-27-45-49(39)59(43)51-47(57(7,8)9)54-52(48(58(10,11)12)53(51)61(45)37-21-15-13-16-22-37)60-44-32-30-36(56(4,5)6)34-42(44)40-26-20-28-46(50(40)60)62(54)38-23-17-14-18-24-38/h13-34H,1-12H3. The lowest BCUT2D eigenvalue weighted by Crippen LogP contribution is -2.63. The van der Waals surface area contributed by atoms with Crippen LogP contribution in [0.5, 0.6) is 0 Å². The third-order valence-electron chi connectivity index (χ3n) is 14.3. The van der Waals surface area contributed by atoms with Crippen LogP contribution in [-0.2, 0) is 21.7 Å². The highest BCUT2D eigenvalue weighted by Gasteiger charge is 2.53. The fourth-order valence-electron chi connectivity index (χ4n) is 11.7. The first-order valence-electron chi connectivity index (χ1n) is 22.9. The van der Waals surface area contributed by atoms with E-state index in [1.165, 1.54) is 111 Å². The zero-order valence-electron chi connectivity index (χ0n) is 38.8. The minimum Gasteiger partial charge on any atom is -0.311 e. The minimum absolute atomic E-state index is 0.0295. The monoisotopic (exact) mass is 804 g/mol. The molecule has 0 unspecified atom stereocenters. The largest absolute Gasteiger partial charge is 0.311 e. The van der Waals surface area contributed by atoms with Crippen LogP contribution in [0.1, 0.15) is 105 Å². The molecule has 0 atom stereocenters. The van der Waals surface area contributed by atoms with Crippen LogP contribution in [0, 0.1) is 0 Å². The Balaban J connectivity index is 1.38. The Labute approximate surface area is 371 Å². The molecular weight excluding hydrogens is 746 g/mol. The summed E-state index contributed by atoms with van der Waals surface area (Å²) >= 11 is 0. The molecule has 0 saturated carbocycles. The highest BCUT2D eigenvalue weighted by Crippen LogP contribution is 2.52. The topological polar surface area (TPSA) is 6.48 Å². The van der Waals surface area contributed by atoms with Gasteiger partial charge in [-0.1, -0.05) is 191 Å². The predicted octanol–water partition coefficient (Wildman–Crippen LogP) is 11.4. The number of fused-ring (bicyclic) bond motifs is 10. The summed E-state index contributed by atoms with van der Waals surface area (Å²) in [6.07, 6.45) is 0. The molecule has 0 saturated heterocycles. The van der Waals surface area contributed by atoms with Crippen molar-refractivity contribution in [3.05, 3.63) is 156 Å². The van der Waals surface area contributed by atoms with E-state index in [1.807, 2.05) is 0 Å². The molecule has 62 heavy (non-hydrogen) atoms. The van der Waals surface area contributed by atoms with Crippen LogP contribution >= 0.6 is 0 Å². The SMILES string of the molecule is CC(C)(C)c1ccc2c(c1)-c1cccc3c1B2c1c(c(C(C)(C)C)c2c(c1C(C)(C)C)N(c1ccccc1)c1cccc4c1B2c1ccc(C(C)(C)C)cc1-4)N3c1ccccc1. The van der Waals surface area contributed by atoms with Crippen molar-refractivity contribution in [2.24, 2.45) is 0 Å². The molecule has 0 N–H and O–H groups in total. The number of hydrogen-bond donors (Lipinski definition) is 0. The molecule has 7 aromatic rings. The molecule has 2 nitrogen and oxygen atoms in total. The minimum atomic E-state index is -0.243. The van der Waals surface area contributed by atoms with E-state index in [4.69, 9.17) is 0 Å². The smallest absolute Gasteiger partial charge is 0.248 e. The van der Waals surface area contributed by atoms with Crippen molar-refractivity contribution in [1.82, 2.24) is 0 Å². The van der Waals surface area contributed by atoms with Crippen LogP contribution < -0.4 is 42.6 Å². The van der Waals surface area contributed by atoms with Gasteiger partial charge in [-0.05, 0) is 124 Å². The maximum atomic E-state index is 2.68. The Bertz CT molecular complexity index is 2800. The molecule has 0 aliphatic carbocycles. The van der Waals surface area contributed by atoms with Crippen molar-refractivity contribution in [1.29, 1.82) is 0 Å². The van der Waals surface area contributed by atoms with E-state index < -0.39 is 0 Å². The Morgan fingerprint density at radius 3 is 1.05 bits per heavy atom. The van der Waals surface area contributed by atoms with E-state index in [9.17, 15) is 0 Å². The number of hydrogen-bond acceptors (Lipinski definition) is 2. The molecular formula is C58H58B2N2. The zero-order valence-corrected chi connectivity index (χ0v) is 38.8. The highest BCUT2D eigenvalue weighted by atomic mass is 15.2. The van der Waals surface area contributed by atoms with Crippen molar-refractivity contribution in [2.45, 2.75) is 105 Å². The Kier molecular flexibility index (Phi) is 8.15. The van der Waals surface area contributed by atoms with Gasteiger partial charge in [0.25, 0.3) is 0 Å².